The van der Waals surface area contributed by atoms with Crippen LogP contribution < -0.4 is 9.64 Å². The lowest BCUT2D eigenvalue weighted by Crippen LogP contribution is -2.11. The minimum absolute atomic E-state index is 0.468. The fraction of sp³-hybridized carbons (Fsp3) is 0.231. The van der Waals surface area contributed by atoms with E-state index in [1.165, 1.54) is 24.5 Å². The van der Waals surface area contributed by atoms with E-state index in [0.29, 0.717) is 11.4 Å². The lowest BCUT2D eigenvalue weighted by molar-refractivity contribution is -0.137. The topological polar surface area (TPSA) is 12.5 Å². The van der Waals surface area contributed by atoms with Crippen LogP contribution in [0.2, 0.25) is 0 Å². The molecule has 19 heavy (non-hydrogen) atoms. The first-order valence-electron chi connectivity index (χ1n) is 5.46. The zero-order chi connectivity index (χ0) is 14.0. The monoisotopic (exact) mass is 287 g/mol. The SMILES string of the molecule is COc1ccsc1N(C)c1cccc(C(F)(F)F)c1. The highest BCUT2D eigenvalue weighted by molar-refractivity contribution is 7.14. The van der Waals surface area contributed by atoms with Crippen molar-refractivity contribution in [3.63, 3.8) is 0 Å². The first-order valence-corrected chi connectivity index (χ1v) is 6.34. The lowest BCUT2D eigenvalue weighted by Gasteiger charge is -2.20. The number of anilines is 2. The first-order chi connectivity index (χ1) is 8.93. The Morgan fingerprint density at radius 1 is 1.21 bits per heavy atom. The number of ether oxygens (including phenoxy) is 1. The minimum atomic E-state index is -4.34. The Labute approximate surface area is 113 Å². The summed E-state index contributed by atoms with van der Waals surface area (Å²) in [6.07, 6.45) is -4.34. The lowest BCUT2D eigenvalue weighted by atomic mass is 10.2. The second-order valence-corrected chi connectivity index (χ2v) is 4.80. The average Bonchev–Trinajstić information content (AvgIpc) is 2.85. The molecule has 0 aliphatic rings. The first kappa shape index (κ1) is 13.7. The summed E-state index contributed by atoms with van der Waals surface area (Å²) in [4.78, 5) is 1.68. The molecule has 0 unspecified atom stereocenters. The van der Waals surface area contributed by atoms with Crippen molar-refractivity contribution in [2.24, 2.45) is 0 Å². The van der Waals surface area contributed by atoms with Crippen molar-refractivity contribution in [1.29, 1.82) is 0 Å². The van der Waals surface area contributed by atoms with E-state index >= 15 is 0 Å². The maximum absolute atomic E-state index is 12.7. The number of methoxy groups -OCH3 is 1. The second-order valence-electron chi connectivity index (χ2n) is 3.90. The summed E-state index contributed by atoms with van der Waals surface area (Å²) in [7, 11) is 3.25. The molecule has 0 saturated heterocycles. The van der Waals surface area contributed by atoms with Crippen molar-refractivity contribution in [3.05, 3.63) is 41.3 Å². The van der Waals surface area contributed by atoms with Crippen LogP contribution in [-0.2, 0) is 6.18 Å². The van der Waals surface area contributed by atoms with Crippen molar-refractivity contribution in [3.8, 4) is 5.75 Å². The van der Waals surface area contributed by atoms with Crippen LogP contribution in [0, 0.1) is 0 Å². The Hall–Kier alpha value is -1.69. The van der Waals surface area contributed by atoms with Gasteiger partial charge in [-0.3, -0.25) is 0 Å². The average molecular weight is 287 g/mol. The Balaban J connectivity index is 2.37. The Morgan fingerprint density at radius 2 is 1.95 bits per heavy atom. The molecule has 102 valence electrons. The predicted molar refractivity (Wildman–Crippen MR) is 70.4 cm³/mol. The van der Waals surface area contributed by atoms with Crippen LogP contribution in [0.3, 0.4) is 0 Å². The van der Waals surface area contributed by atoms with Crippen LogP contribution >= 0.6 is 11.3 Å². The van der Waals surface area contributed by atoms with Crippen LogP contribution in [0.25, 0.3) is 0 Å². The fourth-order valence-corrected chi connectivity index (χ4v) is 2.55. The van der Waals surface area contributed by atoms with Crippen molar-refractivity contribution in [2.45, 2.75) is 6.18 Å². The molecule has 2 nitrogen and oxygen atoms in total. The molecule has 0 bridgehead atoms. The molecule has 1 aromatic carbocycles. The normalized spacial score (nSPS) is 11.4. The Morgan fingerprint density at radius 3 is 2.58 bits per heavy atom. The van der Waals surface area contributed by atoms with Crippen LogP contribution in [-0.4, -0.2) is 14.2 Å². The molecule has 6 heteroatoms. The van der Waals surface area contributed by atoms with Crippen LogP contribution in [0.5, 0.6) is 5.75 Å². The number of thiophene rings is 1. The third-order valence-electron chi connectivity index (χ3n) is 2.70. The summed E-state index contributed by atoms with van der Waals surface area (Å²) in [6, 6.07) is 7.00. The van der Waals surface area contributed by atoms with E-state index in [2.05, 4.69) is 0 Å². The molecular weight excluding hydrogens is 275 g/mol. The van der Waals surface area contributed by atoms with Crippen LogP contribution in [0.1, 0.15) is 5.56 Å². The number of halogens is 3. The highest BCUT2D eigenvalue weighted by Gasteiger charge is 2.30. The third-order valence-corrected chi connectivity index (χ3v) is 3.67. The smallest absolute Gasteiger partial charge is 0.416 e. The molecule has 0 N–H and O–H groups in total. The number of benzene rings is 1. The van der Waals surface area contributed by atoms with E-state index in [9.17, 15) is 13.2 Å². The van der Waals surface area contributed by atoms with Gasteiger partial charge in [-0.05, 0) is 29.6 Å². The van der Waals surface area contributed by atoms with Gasteiger partial charge in [0.25, 0.3) is 0 Å². The van der Waals surface area contributed by atoms with Gasteiger partial charge < -0.3 is 9.64 Å². The maximum Gasteiger partial charge on any atom is 0.416 e. The van der Waals surface area contributed by atoms with Crippen molar-refractivity contribution < 1.29 is 17.9 Å². The number of hydrogen-bond acceptors (Lipinski definition) is 3. The second kappa shape index (κ2) is 5.13. The number of nitrogens with zero attached hydrogens (tertiary/aromatic N) is 1. The van der Waals surface area contributed by atoms with Gasteiger partial charge in [-0.1, -0.05) is 6.07 Å². The molecule has 0 atom stereocenters. The number of hydrogen-bond donors (Lipinski definition) is 0. The molecule has 1 aromatic heterocycles. The van der Waals surface area contributed by atoms with E-state index in [1.807, 2.05) is 5.38 Å². The predicted octanol–water partition coefficient (Wildman–Crippen LogP) is 4.54. The van der Waals surface area contributed by atoms with Gasteiger partial charge in [0.15, 0.2) is 5.75 Å². The third kappa shape index (κ3) is 2.84. The summed E-state index contributed by atoms with van der Waals surface area (Å²) in [5.74, 6) is 0.643. The molecule has 0 amide bonds. The zero-order valence-corrected chi connectivity index (χ0v) is 11.2. The molecule has 2 aromatic rings. The van der Waals surface area contributed by atoms with E-state index in [-0.39, 0.29) is 0 Å². The fourth-order valence-electron chi connectivity index (χ4n) is 1.70. The van der Waals surface area contributed by atoms with Crippen LogP contribution in [0.15, 0.2) is 35.7 Å². The van der Waals surface area contributed by atoms with Crippen molar-refractivity contribution in [1.82, 2.24) is 0 Å². The highest BCUT2D eigenvalue weighted by atomic mass is 32.1. The van der Waals surface area contributed by atoms with E-state index in [0.717, 1.165) is 17.1 Å². The van der Waals surface area contributed by atoms with Gasteiger partial charge in [0.05, 0.1) is 12.7 Å². The zero-order valence-electron chi connectivity index (χ0n) is 10.4. The molecule has 0 spiro atoms. The Bertz CT molecular complexity index is 565. The summed E-state index contributed by atoms with van der Waals surface area (Å²) < 4.78 is 43.2. The summed E-state index contributed by atoms with van der Waals surface area (Å²) >= 11 is 1.41. The molecule has 0 radical (unpaired) electrons. The molecule has 1 heterocycles. The van der Waals surface area contributed by atoms with Crippen LogP contribution in [0.4, 0.5) is 23.9 Å². The molecule has 2 rings (SSSR count). The van der Waals surface area contributed by atoms with Gasteiger partial charge in [-0.2, -0.15) is 13.2 Å². The summed E-state index contributed by atoms with van der Waals surface area (Å²) in [5, 5.41) is 2.60. The maximum atomic E-state index is 12.7. The van der Waals surface area contributed by atoms with E-state index < -0.39 is 11.7 Å². The standard InChI is InChI=1S/C13H12F3NOS/c1-17(12-11(18-2)6-7-19-12)10-5-3-4-9(8-10)13(14,15)16/h3-8H,1-2H3. The van der Waals surface area contributed by atoms with Gasteiger partial charge in [-0.25, -0.2) is 0 Å². The molecule has 0 saturated carbocycles. The molecular formula is C13H12F3NOS. The van der Waals surface area contributed by atoms with Crippen molar-refractivity contribution in [2.75, 3.05) is 19.1 Å². The van der Waals surface area contributed by atoms with Gasteiger partial charge in [-0.15, -0.1) is 11.3 Å². The number of rotatable bonds is 3. The summed E-state index contributed by atoms with van der Waals surface area (Å²) in [5.41, 5.74) is -0.192. The molecule has 0 aliphatic heterocycles. The summed E-state index contributed by atoms with van der Waals surface area (Å²) in [6.45, 7) is 0. The molecule has 0 fully saturated rings. The van der Waals surface area contributed by atoms with Crippen molar-refractivity contribution >= 4 is 22.0 Å². The number of alkyl halides is 3. The molecule has 0 aliphatic carbocycles. The minimum Gasteiger partial charge on any atom is -0.494 e. The largest absolute Gasteiger partial charge is 0.494 e. The Kier molecular flexibility index (Phi) is 3.71. The van der Waals surface area contributed by atoms with Gasteiger partial charge in [0.2, 0.25) is 0 Å². The van der Waals surface area contributed by atoms with E-state index in [1.54, 1.807) is 24.1 Å². The van der Waals surface area contributed by atoms with Gasteiger partial charge >= 0.3 is 6.18 Å². The van der Waals surface area contributed by atoms with E-state index in [4.69, 9.17) is 4.74 Å². The van der Waals surface area contributed by atoms with Gasteiger partial charge in [0.1, 0.15) is 5.00 Å². The quantitative estimate of drug-likeness (QED) is 0.821. The van der Waals surface area contributed by atoms with Gasteiger partial charge in [0, 0.05) is 12.7 Å². The highest BCUT2D eigenvalue weighted by Crippen LogP contribution is 2.39.